The van der Waals surface area contributed by atoms with E-state index in [-0.39, 0.29) is 0 Å². The number of hydrogen-bond donors (Lipinski definition) is 1. The largest absolute Gasteiger partial charge is 0.490 e. The van der Waals surface area contributed by atoms with Gasteiger partial charge in [-0.25, -0.2) is 0 Å². The van der Waals surface area contributed by atoms with E-state index in [1.54, 1.807) is 6.07 Å². The van der Waals surface area contributed by atoms with Crippen LogP contribution in [0.3, 0.4) is 0 Å². The summed E-state index contributed by atoms with van der Waals surface area (Å²) in [6, 6.07) is 16.9. The van der Waals surface area contributed by atoms with E-state index in [0.29, 0.717) is 31.1 Å². The maximum Gasteiger partial charge on any atom is 0.142 e. The minimum atomic E-state index is 0.413. The second kappa shape index (κ2) is 7.05. The fourth-order valence-corrected chi connectivity index (χ4v) is 1.72. The molecule has 2 N–H and O–H groups in total. The van der Waals surface area contributed by atoms with Gasteiger partial charge in [-0.2, -0.15) is 5.26 Å². The van der Waals surface area contributed by atoms with Gasteiger partial charge in [0.15, 0.2) is 0 Å². The monoisotopic (exact) mass is 268 g/mol. The predicted octanol–water partition coefficient (Wildman–Crippen LogP) is 2.79. The number of benzene rings is 2. The molecule has 0 spiro atoms. The summed E-state index contributed by atoms with van der Waals surface area (Å²) in [5.41, 5.74) is 7.37. The SMILES string of the molecule is N#CCc1ccc(OCCOc2ccccc2N)cc1. The Hall–Kier alpha value is -2.67. The number of nitrogen functional groups attached to an aromatic ring is 1. The Balaban J connectivity index is 1.76. The average molecular weight is 268 g/mol. The van der Waals surface area contributed by atoms with Gasteiger partial charge in [-0.1, -0.05) is 24.3 Å². The van der Waals surface area contributed by atoms with E-state index in [1.807, 2.05) is 42.5 Å². The number of anilines is 1. The maximum absolute atomic E-state index is 8.58. The lowest BCUT2D eigenvalue weighted by Crippen LogP contribution is -2.09. The molecule has 0 unspecified atom stereocenters. The van der Waals surface area contributed by atoms with Crippen molar-refractivity contribution in [3.8, 4) is 17.6 Å². The van der Waals surface area contributed by atoms with E-state index in [0.717, 1.165) is 11.3 Å². The highest BCUT2D eigenvalue weighted by atomic mass is 16.5. The minimum Gasteiger partial charge on any atom is -0.490 e. The molecule has 0 heterocycles. The molecule has 0 saturated carbocycles. The Kier molecular flexibility index (Phi) is 4.85. The number of nitrogens with zero attached hydrogens (tertiary/aromatic N) is 1. The number of ether oxygens (including phenoxy) is 2. The molecule has 102 valence electrons. The molecule has 0 bridgehead atoms. The van der Waals surface area contributed by atoms with Crippen molar-refractivity contribution in [2.75, 3.05) is 18.9 Å². The van der Waals surface area contributed by atoms with Crippen molar-refractivity contribution in [3.05, 3.63) is 54.1 Å². The summed E-state index contributed by atoms with van der Waals surface area (Å²) in [4.78, 5) is 0. The van der Waals surface area contributed by atoms with E-state index >= 15 is 0 Å². The van der Waals surface area contributed by atoms with Gasteiger partial charge in [0, 0.05) is 0 Å². The zero-order chi connectivity index (χ0) is 14.2. The van der Waals surface area contributed by atoms with E-state index in [4.69, 9.17) is 20.5 Å². The number of nitrogens with two attached hydrogens (primary N) is 1. The van der Waals surface area contributed by atoms with Gasteiger partial charge in [-0.05, 0) is 29.8 Å². The molecule has 0 aliphatic heterocycles. The summed E-state index contributed by atoms with van der Waals surface area (Å²) in [6.45, 7) is 0.861. The first-order valence-corrected chi connectivity index (χ1v) is 6.35. The van der Waals surface area contributed by atoms with Crippen LogP contribution >= 0.6 is 0 Å². The predicted molar refractivity (Wildman–Crippen MR) is 77.6 cm³/mol. The topological polar surface area (TPSA) is 68.3 Å². The number of hydrogen-bond acceptors (Lipinski definition) is 4. The summed E-state index contributed by atoms with van der Waals surface area (Å²) in [5, 5.41) is 8.58. The van der Waals surface area contributed by atoms with Gasteiger partial charge in [0.1, 0.15) is 24.7 Å². The van der Waals surface area contributed by atoms with Gasteiger partial charge < -0.3 is 15.2 Å². The second-order valence-corrected chi connectivity index (χ2v) is 4.21. The van der Waals surface area contributed by atoms with Crippen molar-refractivity contribution in [2.24, 2.45) is 0 Å². The highest BCUT2D eigenvalue weighted by Crippen LogP contribution is 2.19. The molecule has 4 heteroatoms. The Morgan fingerprint density at radius 3 is 2.35 bits per heavy atom. The summed E-state index contributed by atoms with van der Waals surface area (Å²) < 4.78 is 11.1. The van der Waals surface area contributed by atoms with Crippen LogP contribution < -0.4 is 15.2 Å². The van der Waals surface area contributed by atoms with Crippen LogP contribution in [0.1, 0.15) is 5.56 Å². The molecular formula is C16H16N2O2. The lowest BCUT2D eigenvalue weighted by Gasteiger charge is -2.10. The van der Waals surface area contributed by atoms with E-state index in [9.17, 15) is 0 Å². The van der Waals surface area contributed by atoms with Crippen LogP contribution in [0.5, 0.6) is 11.5 Å². The zero-order valence-corrected chi connectivity index (χ0v) is 11.1. The van der Waals surface area contributed by atoms with E-state index < -0.39 is 0 Å². The van der Waals surface area contributed by atoms with Gasteiger partial charge in [0.2, 0.25) is 0 Å². The fraction of sp³-hybridized carbons (Fsp3) is 0.188. The van der Waals surface area contributed by atoms with Crippen LogP contribution in [0, 0.1) is 11.3 Å². The summed E-state index contributed by atoms with van der Waals surface area (Å²) in [6.07, 6.45) is 0.413. The van der Waals surface area contributed by atoms with Crippen LogP contribution in [0.25, 0.3) is 0 Å². The van der Waals surface area contributed by atoms with Gasteiger partial charge in [0.05, 0.1) is 18.2 Å². The second-order valence-electron chi connectivity index (χ2n) is 4.21. The molecule has 0 saturated heterocycles. The minimum absolute atomic E-state index is 0.413. The van der Waals surface area contributed by atoms with Crippen LogP contribution in [-0.2, 0) is 6.42 Å². The van der Waals surface area contributed by atoms with E-state index in [1.165, 1.54) is 0 Å². The molecule has 2 rings (SSSR count). The molecule has 0 radical (unpaired) electrons. The molecule has 0 amide bonds. The van der Waals surface area contributed by atoms with Crippen LogP contribution in [0.15, 0.2) is 48.5 Å². The lowest BCUT2D eigenvalue weighted by molar-refractivity contribution is 0.218. The summed E-state index contributed by atoms with van der Waals surface area (Å²) in [5.74, 6) is 1.43. The Morgan fingerprint density at radius 2 is 1.65 bits per heavy atom. The van der Waals surface area contributed by atoms with E-state index in [2.05, 4.69) is 6.07 Å². The molecule has 0 fully saturated rings. The smallest absolute Gasteiger partial charge is 0.142 e. The van der Waals surface area contributed by atoms with Gasteiger partial charge in [-0.15, -0.1) is 0 Å². The quantitative estimate of drug-likeness (QED) is 0.646. The maximum atomic E-state index is 8.58. The fourth-order valence-electron chi connectivity index (χ4n) is 1.72. The van der Waals surface area contributed by atoms with Gasteiger partial charge in [0.25, 0.3) is 0 Å². The number of para-hydroxylation sites is 2. The molecule has 0 aromatic heterocycles. The van der Waals surface area contributed by atoms with Gasteiger partial charge >= 0.3 is 0 Å². The zero-order valence-electron chi connectivity index (χ0n) is 11.1. The molecule has 0 aliphatic rings. The first-order valence-electron chi connectivity index (χ1n) is 6.35. The molecule has 2 aromatic rings. The normalized spacial score (nSPS) is 9.75. The molecule has 0 aliphatic carbocycles. The number of nitriles is 1. The first-order chi connectivity index (χ1) is 9.79. The third kappa shape index (κ3) is 3.92. The molecule has 4 nitrogen and oxygen atoms in total. The van der Waals surface area contributed by atoms with Crippen molar-refractivity contribution in [1.29, 1.82) is 5.26 Å². The highest BCUT2D eigenvalue weighted by Gasteiger charge is 1.99. The summed E-state index contributed by atoms with van der Waals surface area (Å²) >= 11 is 0. The van der Waals surface area contributed by atoms with Gasteiger partial charge in [-0.3, -0.25) is 0 Å². The third-order valence-corrected chi connectivity index (χ3v) is 2.74. The molecule has 2 aromatic carbocycles. The van der Waals surface area contributed by atoms with Crippen molar-refractivity contribution in [1.82, 2.24) is 0 Å². The van der Waals surface area contributed by atoms with Crippen molar-refractivity contribution in [3.63, 3.8) is 0 Å². The van der Waals surface area contributed by atoms with Crippen molar-refractivity contribution >= 4 is 5.69 Å². The van der Waals surface area contributed by atoms with Crippen molar-refractivity contribution in [2.45, 2.75) is 6.42 Å². The molecule has 20 heavy (non-hydrogen) atoms. The molecular weight excluding hydrogens is 252 g/mol. The Bertz CT molecular complexity index is 588. The highest BCUT2D eigenvalue weighted by molar-refractivity contribution is 5.51. The van der Waals surface area contributed by atoms with Crippen LogP contribution in [-0.4, -0.2) is 13.2 Å². The third-order valence-electron chi connectivity index (χ3n) is 2.74. The first kappa shape index (κ1) is 13.8. The van der Waals surface area contributed by atoms with Crippen molar-refractivity contribution < 1.29 is 9.47 Å². The lowest BCUT2D eigenvalue weighted by atomic mass is 10.2. The average Bonchev–Trinajstić information content (AvgIpc) is 2.47. The number of rotatable bonds is 6. The standard InChI is InChI=1S/C16H16N2O2/c17-10-9-13-5-7-14(8-6-13)19-11-12-20-16-4-2-1-3-15(16)18/h1-8H,9,11-12,18H2. The molecule has 0 atom stereocenters. The Morgan fingerprint density at radius 1 is 0.950 bits per heavy atom. The van der Waals surface area contributed by atoms with Crippen LogP contribution in [0.4, 0.5) is 5.69 Å². The summed E-state index contributed by atoms with van der Waals surface area (Å²) in [7, 11) is 0. The van der Waals surface area contributed by atoms with Crippen LogP contribution in [0.2, 0.25) is 0 Å². The Labute approximate surface area is 118 Å².